The quantitative estimate of drug-likeness (QED) is 0.670. The number of carbonyl (C=O) groups is 1. The Morgan fingerprint density at radius 2 is 2.07 bits per heavy atom. The lowest BCUT2D eigenvalue weighted by molar-refractivity contribution is -0.134. The van der Waals surface area contributed by atoms with Gasteiger partial charge in [0, 0.05) is 6.54 Å². The van der Waals surface area contributed by atoms with Crippen molar-refractivity contribution in [3.8, 4) is 0 Å². The summed E-state index contributed by atoms with van der Waals surface area (Å²) in [6, 6.07) is 0. The number of hydrogen-bond donors (Lipinski definition) is 2. The molecule has 2 N–H and O–H groups in total. The first kappa shape index (κ1) is 11.5. The minimum Gasteiger partial charge on any atom is -0.480 e. The Bertz CT molecular complexity index is 294. The van der Waals surface area contributed by atoms with Crippen LogP contribution in [0.25, 0.3) is 0 Å². The van der Waals surface area contributed by atoms with E-state index in [1.165, 1.54) is 19.3 Å². The Hall–Kier alpha value is -0.620. The second kappa shape index (κ2) is 4.75. The summed E-state index contributed by atoms with van der Waals surface area (Å²) >= 11 is 0. The first-order valence-corrected chi connectivity index (χ1v) is 6.34. The summed E-state index contributed by atoms with van der Waals surface area (Å²) in [6.45, 7) is 0.361. The largest absolute Gasteiger partial charge is 0.480 e. The van der Waals surface area contributed by atoms with E-state index >= 15 is 0 Å². The highest BCUT2D eigenvalue weighted by Gasteiger charge is 2.19. The summed E-state index contributed by atoms with van der Waals surface area (Å²) in [7, 11) is -3.61. The molecule has 6 heteroatoms. The molecule has 0 aliphatic heterocycles. The Balaban J connectivity index is 2.18. The zero-order valence-electron chi connectivity index (χ0n) is 7.90. The molecule has 82 valence electrons. The van der Waals surface area contributed by atoms with E-state index in [9.17, 15) is 13.2 Å². The molecule has 1 aliphatic carbocycles. The second-order valence-electron chi connectivity index (χ2n) is 3.63. The number of sulfonamides is 1. The number of carboxylic acids is 1. The maximum absolute atomic E-state index is 11.0. The van der Waals surface area contributed by atoms with E-state index in [2.05, 4.69) is 4.72 Å². The van der Waals surface area contributed by atoms with Gasteiger partial charge in [0.05, 0.1) is 0 Å². The van der Waals surface area contributed by atoms with Gasteiger partial charge in [-0.2, -0.15) is 0 Å². The predicted octanol–water partition coefficient (Wildman–Crippen LogP) is 0.181. The Morgan fingerprint density at radius 1 is 1.43 bits per heavy atom. The molecule has 0 amide bonds. The third-order valence-electron chi connectivity index (χ3n) is 2.41. The lowest BCUT2D eigenvalue weighted by Crippen LogP contribution is -2.32. The fraction of sp³-hybridized carbons (Fsp3) is 0.875. The highest BCUT2D eigenvalue weighted by atomic mass is 32.2. The Labute approximate surface area is 83.6 Å². The summed E-state index contributed by atoms with van der Waals surface area (Å²) < 4.78 is 24.4. The molecule has 0 saturated heterocycles. The van der Waals surface area contributed by atoms with Crippen molar-refractivity contribution in [1.82, 2.24) is 4.72 Å². The van der Waals surface area contributed by atoms with Crippen molar-refractivity contribution >= 4 is 16.0 Å². The predicted molar refractivity (Wildman–Crippen MR) is 51.4 cm³/mol. The molecule has 1 aliphatic rings. The summed E-state index contributed by atoms with van der Waals surface area (Å²) in [5.74, 6) is -1.53. The third kappa shape index (κ3) is 4.06. The zero-order valence-corrected chi connectivity index (χ0v) is 8.72. The van der Waals surface area contributed by atoms with Crippen LogP contribution in [-0.4, -0.2) is 31.8 Å². The van der Waals surface area contributed by atoms with Crippen molar-refractivity contribution in [2.45, 2.75) is 25.7 Å². The van der Waals surface area contributed by atoms with Crippen LogP contribution in [-0.2, 0) is 14.8 Å². The fourth-order valence-electron chi connectivity index (χ4n) is 1.41. The van der Waals surface area contributed by atoms with Crippen molar-refractivity contribution in [3.05, 3.63) is 0 Å². The first-order valence-electron chi connectivity index (χ1n) is 4.69. The van der Waals surface area contributed by atoms with Gasteiger partial charge in [-0.3, -0.25) is 4.79 Å². The fourth-order valence-corrected chi connectivity index (χ4v) is 2.27. The van der Waals surface area contributed by atoms with E-state index in [1.54, 1.807) is 0 Å². The van der Waals surface area contributed by atoms with Gasteiger partial charge in [-0.05, 0) is 12.3 Å². The lowest BCUT2D eigenvalue weighted by atomic mass is 9.83. The van der Waals surface area contributed by atoms with E-state index in [1.807, 2.05) is 0 Å². The minimum atomic E-state index is -3.61. The van der Waals surface area contributed by atoms with Crippen LogP contribution >= 0.6 is 0 Å². The van der Waals surface area contributed by atoms with E-state index in [-0.39, 0.29) is 0 Å². The van der Waals surface area contributed by atoms with Crippen molar-refractivity contribution in [3.63, 3.8) is 0 Å². The Morgan fingerprint density at radius 3 is 2.50 bits per heavy atom. The van der Waals surface area contributed by atoms with Gasteiger partial charge in [-0.15, -0.1) is 0 Å². The van der Waals surface area contributed by atoms with Crippen molar-refractivity contribution < 1.29 is 18.3 Å². The molecule has 1 saturated carbocycles. The number of hydrogen-bond acceptors (Lipinski definition) is 3. The molecule has 0 bridgehead atoms. The minimum absolute atomic E-state index is 0.361. The lowest BCUT2D eigenvalue weighted by Gasteiger charge is -2.24. The van der Waals surface area contributed by atoms with Crippen LogP contribution < -0.4 is 4.72 Å². The van der Waals surface area contributed by atoms with E-state index < -0.39 is 21.7 Å². The summed E-state index contributed by atoms with van der Waals surface area (Å²) in [6.07, 6.45) is 4.38. The molecule has 1 rings (SSSR count). The number of rotatable bonds is 6. The molecular formula is C8H15NO4S. The van der Waals surface area contributed by atoms with Crippen LogP contribution in [0, 0.1) is 5.92 Å². The van der Waals surface area contributed by atoms with E-state index in [0.717, 1.165) is 6.42 Å². The van der Waals surface area contributed by atoms with E-state index in [0.29, 0.717) is 12.5 Å². The highest BCUT2D eigenvalue weighted by molar-refractivity contribution is 7.90. The smallest absolute Gasteiger partial charge is 0.320 e. The molecule has 1 fully saturated rings. The Kier molecular flexibility index (Phi) is 3.88. The summed E-state index contributed by atoms with van der Waals surface area (Å²) in [5.41, 5.74) is 0. The topological polar surface area (TPSA) is 83.5 Å². The summed E-state index contributed by atoms with van der Waals surface area (Å²) in [4.78, 5) is 10.2. The molecule has 0 aromatic heterocycles. The number of nitrogens with one attached hydrogen (secondary N) is 1. The van der Waals surface area contributed by atoms with Crippen molar-refractivity contribution in [2.24, 2.45) is 5.92 Å². The van der Waals surface area contributed by atoms with Crippen molar-refractivity contribution in [2.75, 3.05) is 12.3 Å². The standard InChI is InChI=1S/C8H15NO4S/c10-8(11)6-14(12,13)9-5-4-7-2-1-3-7/h7,9H,1-6H2,(H,10,11). The monoisotopic (exact) mass is 221 g/mol. The molecule has 0 unspecified atom stereocenters. The van der Waals surface area contributed by atoms with Crippen LogP contribution in [0.4, 0.5) is 0 Å². The summed E-state index contributed by atoms with van der Waals surface area (Å²) in [5, 5.41) is 8.30. The van der Waals surface area contributed by atoms with Gasteiger partial charge in [0.1, 0.15) is 0 Å². The molecule has 0 heterocycles. The van der Waals surface area contributed by atoms with Gasteiger partial charge >= 0.3 is 5.97 Å². The molecular weight excluding hydrogens is 206 g/mol. The molecule has 5 nitrogen and oxygen atoms in total. The molecule has 0 spiro atoms. The third-order valence-corrected chi connectivity index (χ3v) is 3.68. The number of aliphatic carboxylic acids is 1. The van der Waals surface area contributed by atoms with Crippen LogP contribution in [0.1, 0.15) is 25.7 Å². The van der Waals surface area contributed by atoms with Crippen LogP contribution in [0.15, 0.2) is 0 Å². The molecule has 14 heavy (non-hydrogen) atoms. The van der Waals surface area contributed by atoms with Gasteiger partial charge < -0.3 is 5.11 Å². The maximum atomic E-state index is 11.0. The van der Waals surface area contributed by atoms with Crippen molar-refractivity contribution in [1.29, 1.82) is 0 Å². The first-order chi connectivity index (χ1) is 6.49. The van der Waals surface area contributed by atoms with Crippen LogP contribution in [0.2, 0.25) is 0 Å². The number of carboxylic acid groups (broad SMARTS) is 1. The second-order valence-corrected chi connectivity index (χ2v) is 5.44. The normalized spacial score (nSPS) is 17.7. The van der Waals surface area contributed by atoms with Crippen LogP contribution in [0.5, 0.6) is 0 Å². The van der Waals surface area contributed by atoms with Gasteiger partial charge in [-0.1, -0.05) is 19.3 Å². The van der Waals surface area contributed by atoms with Gasteiger partial charge in [-0.25, -0.2) is 13.1 Å². The maximum Gasteiger partial charge on any atom is 0.320 e. The SMILES string of the molecule is O=C(O)CS(=O)(=O)NCCC1CCC1. The molecule has 0 atom stereocenters. The molecule has 0 radical (unpaired) electrons. The van der Waals surface area contributed by atoms with E-state index in [4.69, 9.17) is 5.11 Å². The molecule has 0 aromatic carbocycles. The highest BCUT2D eigenvalue weighted by Crippen LogP contribution is 2.28. The van der Waals surface area contributed by atoms with Gasteiger partial charge in [0.15, 0.2) is 5.75 Å². The average molecular weight is 221 g/mol. The zero-order chi connectivity index (χ0) is 10.6. The average Bonchev–Trinajstić information content (AvgIpc) is 1.91. The molecule has 0 aromatic rings. The van der Waals surface area contributed by atoms with Gasteiger partial charge in [0.2, 0.25) is 10.0 Å². The van der Waals surface area contributed by atoms with Crippen LogP contribution in [0.3, 0.4) is 0 Å². The van der Waals surface area contributed by atoms with Gasteiger partial charge in [0.25, 0.3) is 0 Å².